The van der Waals surface area contributed by atoms with E-state index >= 15 is 0 Å². The van der Waals surface area contributed by atoms with Crippen LogP contribution in [0.15, 0.2) is 18.2 Å². The Morgan fingerprint density at radius 2 is 2.44 bits per heavy atom. The molecule has 4 nitrogen and oxygen atoms in total. The van der Waals surface area contributed by atoms with Crippen LogP contribution >= 0.6 is 0 Å². The van der Waals surface area contributed by atoms with Gasteiger partial charge in [0.15, 0.2) is 0 Å². The Kier molecular flexibility index (Phi) is 1.80. The minimum atomic E-state index is -0.362. The van der Waals surface area contributed by atoms with Crippen LogP contribution in [0.5, 0.6) is 5.75 Å². The predicted octanol–water partition coefficient (Wildman–Crippen LogP) is 0.864. The Hall–Kier alpha value is -1.55. The Bertz CT molecular complexity index is 472. The summed E-state index contributed by atoms with van der Waals surface area (Å²) in [4.78, 5) is 12.0. The van der Waals surface area contributed by atoms with Gasteiger partial charge in [-0.3, -0.25) is 4.79 Å². The standard InChI is InChI=1S/C12H14N2O2/c1-16-8-2-3-10-9(4-8)12(11(15)14-10)5-7(12)6-13/h2-4,7H,5-6,13H2,1H3,(H,14,15). The molecule has 0 saturated heterocycles. The van der Waals surface area contributed by atoms with Crippen molar-refractivity contribution >= 4 is 11.6 Å². The molecule has 1 aromatic carbocycles. The van der Waals surface area contributed by atoms with Crippen molar-refractivity contribution in [2.45, 2.75) is 11.8 Å². The smallest absolute Gasteiger partial charge is 0.235 e. The Labute approximate surface area is 93.8 Å². The molecule has 1 amide bonds. The second-order valence-corrected chi connectivity index (χ2v) is 4.47. The van der Waals surface area contributed by atoms with Gasteiger partial charge >= 0.3 is 0 Å². The first kappa shape index (κ1) is 9.66. The summed E-state index contributed by atoms with van der Waals surface area (Å²) >= 11 is 0. The van der Waals surface area contributed by atoms with E-state index in [2.05, 4.69) is 5.32 Å². The van der Waals surface area contributed by atoms with Gasteiger partial charge in [-0.05, 0) is 42.6 Å². The van der Waals surface area contributed by atoms with E-state index in [4.69, 9.17) is 10.5 Å². The summed E-state index contributed by atoms with van der Waals surface area (Å²) in [6.07, 6.45) is 0.857. The van der Waals surface area contributed by atoms with Crippen LogP contribution in [-0.4, -0.2) is 19.6 Å². The number of nitrogens with one attached hydrogen (secondary N) is 1. The summed E-state index contributed by atoms with van der Waals surface area (Å²) < 4.78 is 5.19. The molecule has 1 spiro atoms. The molecule has 2 aliphatic rings. The molecule has 3 rings (SSSR count). The lowest BCUT2D eigenvalue weighted by Gasteiger charge is -2.08. The van der Waals surface area contributed by atoms with E-state index in [-0.39, 0.29) is 17.2 Å². The van der Waals surface area contributed by atoms with Gasteiger partial charge in [0.05, 0.1) is 12.5 Å². The number of nitrogens with two attached hydrogens (primary N) is 1. The third-order valence-electron chi connectivity index (χ3n) is 3.75. The molecule has 0 radical (unpaired) electrons. The topological polar surface area (TPSA) is 64.3 Å². The van der Waals surface area contributed by atoms with E-state index in [1.165, 1.54) is 0 Å². The SMILES string of the molecule is COc1ccc2c(c1)C1(CC1CN)C(=O)N2. The molecule has 1 aliphatic heterocycles. The average molecular weight is 218 g/mol. The van der Waals surface area contributed by atoms with E-state index in [9.17, 15) is 4.79 Å². The van der Waals surface area contributed by atoms with E-state index in [0.29, 0.717) is 6.54 Å². The number of benzene rings is 1. The number of rotatable bonds is 2. The fourth-order valence-electron chi connectivity index (χ4n) is 2.71. The third-order valence-corrected chi connectivity index (χ3v) is 3.75. The third kappa shape index (κ3) is 0.998. The van der Waals surface area contributed by atoms with Gasteiger partial charge < -0.3 is 15.8 Å². The zero-order valence-corrected chi connectivity index (χ0v) is 9.12. The first-order chi connectivity index (χ1) is 7.72. The number of fused-ring (bicyclic) bond motifs is 2. The highest BCUT2D eigenvalue weighted by Gasteiger charge is 2.63. The molecule has 16 heavy (non-hydrogen) atoms. The van der Waals surface area contributed by atoms with Gasteiger partial charge in [-0.1, -0.05) is 0 Å². The molecule has 3 N–H and O–H groups in total. The molecule has 4 heteroatoms. The van der Waals surface area contributed by atoms with E-state index in [1.807, 2.05) is 18.2 Å². The molecule has 1 saturated carbocycles. The number of hydrogen-bond acceptors (Lipinski definition) is 3. The number of amides is 1. The first-order valence-corrected chi connectivity index (χ1v) is 5.42. The number of methoxy groups -OCH3 is 1. The van der Waals surface area contributed by atoms with Crippen LogP contribution in [0.25, 0.3) is 0 Å². The minimum Gasteiger partial charge on any atom is -0.497 e. The van der Waals surface area contributed by atoms with Crippen LogP contribution in [0.2, 0.25) is 0 Å². The minimum absolute atomic E-state index is 0.0891. The maximum atomic E-state index is 12.0. The van der Waals surface area contributed by atoms with Crippen LogP contribution in [0.4, 0.5) is 5.69 Å². The lowest BCUT2D eigenvalue weighted by Crippen LogP contribution is -2.24. The van der Waals surface area contributed by atoms with Crippen molar-refractivity contribution in [1.82, 2.24) is 0 Å². The second kappa shape index (κ2) is 2.98. The maximum absolute atomic E-state index is 12.0. The van der Waals surface area contributed by atoms with Crippen molar-refractivity contribution in [3.8, 4) is 5.75 Å². The maximum Gasteiger partial charge on any atom is 0.235 e. The molecule has 1 aliphatic carbocycles. The van der Waals surface area contributed by atoms with Crippen LogP contribution in [0.3, 0.4) is 0 Å². The number of anilines is 1. The largest absolute Gasteiger partial charge is 0.497 e. The van der Waals surface area contributed by atoms with Crippen LogP contribution in [-0.2, 0) is 10.2 Å². The molecule has 0 aromatic heterocycles. The van der Waals surface area contributed by atoms with Crippen molar-refractivity contribution in [3.63, 3.8) is 0 Å². The zero-order valence-electron chi connectivity index (χ0n) is 9.12. The lowest BCUT2D eigenvalue weighted by molar-refractivity contribution is -0.118. The monoisotopic (exact) mass is 218 g/mol. The molecule has 84 valence electrons. The fourth-order valence-corrected chi connectivity index (χ4v) is 2.71. The van der Waals surface area contributed by atoms with Crippen molar-refractivity contribution in [3.05, 3.63) is 23.8 Å². The Balaban J connectivity index is 2.10. The zero-order chi connectivity index (χ0) is 11.3. The van der Waals surface area contributed by atoms with Gasteiger partial charge in [0.1, 0.15) is 5.75 Å². The fraction of sp³-hybridized carbons (Fsp3) is 0.417. The van der Waals surface area contributed by atoms with Crippen molar-refractivity contribution in [1.29, 1.82) is 0 Å². The molecule has 1 fully saturated rings. The highest BCUT2D eigenvalue weighted by molar-refractivity contribution is 6.09. The van der Waals surface area contributed by atoms with Crippen LogP contribution < -0.4 is 15.8 Å². The molecular weight excluding hydrogens is 204 g/mol. The molecule has 2 atom stereocenters. The molecule has 1 heterocycles. The number of ether oxygens (including phenoxy) is 1. The van der Waals surface area contributed by atoms with Crippen molar-refractivity contribution in [2.75, 3.05) is 19.0 Å². The number of hydrogen-bond donors (Lipinski definition) is 2. The van der Waals surface area contributed by atoms with Gasteiger partial charge in [-0.2, -0.15) is 0 Å². The van der Waals surface area contributed by atoms with Gasteiger partial charge in [0, 0.05) is 5.69 Å². The van der Waals surface area contributed by atoms with E-state index < -0.39 is 0 Å². The summed E-state index contributed by atoms with van der Waals surface area (Å²) in [7, 11) is 1.63. The average Bonchev–Trinajstić information content (AvgIpc) is 2.98. The van der Waals surface area contributed by atoms with Crippen molar-refractivity contribution < 1.29 is 9.53 Å². The highest BCUT2D eigenvalue weighted by Crippen LogP contribution is 2.59. The van der Waals surface area contributed by atoms with Crippen LogP contribution in [0.1, 0.15) is 12.0 Å². The van der Waals surface area contributed by atoms with Gasteiger partial charge in [-0.25, -0.2) is 0 Å². The molecular formula is C12H14N2O2. The summed E-state index contributed by atoms with van der Waals surface area (Å²) in [5.74, 6) is 1.16. The van der Waals surface area contributed by atoms with Crippen molar-refractivity contribution in [2.24, 2.45) is 11.7 Å². The molecule has 0 bridgehead atoms. The summed E-state index contributed by atoms with van der Waals surface area (Å²) in [5.41, 5.74) is 7.26. The normalized spacial score (nSPS) is 30.1. The first-order valence-electron chi connectivity index (χ1n) is 5.42. The van der Waals surface area contributed by atoms with Gasteiger partial charge in [-0.15, -0.1) is 0 Å². The summed E-state index contributed by atoms with van der Waals surface area (Å²) in [6, 6.07) is 5.70. The quantitative estimate of drug-likeness (QED) is 0.774. The number of carbonyl (C=O) groups excluding carboxylic acids is 1. The Morgan fingerprint density at radius 1 is 1.62 bits per heavy atom. The number of carbonyl (C=O) groups is 1. The highest BCUT2D eigenvalue weighted by atomic mass is 16.5. The summed E-state index contributed by atoms with van der Waals surface area (Å²) in [6.45, 7) is 0.560. The second-order valence-electron chi connectivity index (χ2n) is 4.47. The Morgan fingerprint density at radius 3 is 3.06 bits per heavy atom. The predicted molar refractivity (Wildman–Crippen MR) is 60.5 cm³/mol. The van der Waals surface area contributed by atoms with E-state index in [0.717, 1.165) is 23.4 Å². The lowest BCUT2D eigenvalue weighted by atomic mass is 9.94. The summed E-state index contributed by atoms with van der Waals surface area (Å²) in [5, 5.41) is 2.92. The molecule has 2 unspecified atom stereocenters. The van der Waals surface area contributed by atoms with Gasteiger partial charge in [0.2, 0.25) is 5.91 Å². The van der Waals surface area contributed by atoms with Crippen LogP contribution in [0, 0.1) is 5.92 Å². The van der Waals surface area contributed by atoms with Gasteiger partial charge in [0.25, 0.3) is 0 Å². The van der Waals surface area contributed by atoms with E-state index in [1.54, 1.807) is 7.11 Å². The molecule has 1 aromatic rings.